The highest BCUT2D eigenvalue weighted by atomic mass is 16.5. The first-order valence-corrected chi connectivity index (χ1v) is 7.98. The minimum absolute atomic E-state index is 0.152. The van der Waals surface area contributed by atoms with E-state index in [1.165, 1.54) is 11.0 Å². The van der Waals surface area contributed by atoms with E-state index in [0.29, 0.717) is 18.1 Å². The summed E-state index contributed by atoms with van der Waals surface area (Å²) >= 11 is 0. The Hall–Kier alpha value is -3.23. The molecule has 0 aliphatic carbocycles. The first-order chi connectivity index (χ1) is 12.2. The Labute approximate surface area is 144 Å². The zero-order valence-electron chi connectivity index (χ0n) is 14.0. The second-order valence-electron chi connectivity index (χ2n) is 5.56. The number of tetrazole rings is 1. The molecule has 0 saturated carbocycles. The third kappa shape index (κ3) is 4.19. The van der Waals surface area contributed by atoms with Crippen molar-refractivity contribution in [1.82, 2.24) is 35.7 Å². The van der Waals surface area contributed by atoms with Crippen molar-refractivity contribution in [2.75, 3.05) is 0 Å². The van der Waals surface area contributed by atoms with Crippen LogP contribution in [0.1, 0.15) is 36.3 Å². The first-order valence-electron chi connectivity index (χ1n) is 7.98. The molecule has 25 heavy (non-hydrogen) atoms. The van der Waals surface area contributed by atoms with Crippen molar-refractivity contribution in [3.63, 3.8) is 0 Å². The van der Waals surface area contributed by atoms with Crippen LogP contribution in [-0.4, -0.2) is 42.4 Å². The standard InChI is InChI=1S/C16H19N7O2/c1-3-11(2)25-13-6-4-5-12(7-13)9-17-16(24)14-8-15(20-19-14)23-10-18-21-22-23/h4-8,10-11H,3,9H2,1-2H3,(H,17,24)(H,19,20). The number of ether oxygens (including phenoxy) is 1. The number of carbonyl (C=O) groups excluding carboxylic acids is 1. The van der Waals surface area contributed by atoms with Crippen LogP contribution in [0.4, 0.5) is 0 Å². The monoisotopic (exact) mass is 341 g/mol. The minimum Gasteiger partial charge on any atom is -0.491 e. The average Bonchev–Trinajstić information content (AvgIpc) is 3.31. The number of nitrogens with zero attached hydrogens (tertiary/aromatic N) is 5. The van der Waals surface area contributed by atoms with Crippen LogP contribution in [0.5, 0.6) is 5.75 Å². The summed E-state index contributed by atoms with van der Waals surface area (Å²) in [4.78, 5) is 12.2. The molecule has 9 nitrogen and oxygen atoms in total. The molecule has 2 aromatic heterocycles. The highest BCUT2D eigenvalue weighted by Crippen LogP contribution is 2.16. The molecule has 130 valence electrons. The topological polar surface area (TPSA) is 111 Å². The van der Waals surface area contributed by atoms with Gasteiger partial charge >= 0.3 is 0 Å². The molecule has 3 aromatic rings. The Kier molecular flexibility index (Phi) is 5.03. The second kappa shape index (κ2) is 7.56. The molecule has 0 aliphatic heterocycles. The fourth-order valence-electron chi connectivity index (χ4n) is 2.13. The molecule has 0 fully saturated rings. The van der Waals surface area contributed by atoms with E-state index in [1.807, 2.05) is 31.2 Å². The molecule has 0 saturated heterocycles. The molecule has 3 rings (SSSR count). The van der Waals surface area contributed by atoms with E-state index in [-0.39, 0.29) is 12.0 Å². The van der Waals surface area contributed by atoms with Crippen molar-refractivity contribution >= 4 is 5.91 Å². The number of benzene rings is 1. The molecule has 0 spiro atoms. The van der Waals surface area contributed by atoms with Gasteiger partial charge in [0.1, 0.15) is 17.8 Å². The Morgan fingerprint density at radius 3 is 3.04 bits per heavy atom. The maximum Gasteiger partial charge on any atom is 0.269 e. The molecular weight excluding hydrogens is 322 g/mol. The van der Waals surface area contributed by atoms with Crippen molar-refractivity contribution in [2.45, 2.75) is 32.9 Å². The average molecular weight is 341 g/mol. The van der Waals surface area contributed by atoms with Crippen LogP contribution < -0.4 is 10.1 Å². The van der Waals surface area contributed by atoms with E-state index < -0.39 is 0 Å². The quantitative estimate of drug-likeness (QED) is 0.673. The normalized spacial score (nSPS) is 11.9. The molecule has 0 radical (unpaired) electrons. The van der Waals surface area contributed by atoms with Gasteiger partial charge in [-0.25, -0.2) is 0 Å². The first kappa shape index (κ1) is 16.6. The van der Waals surface area contributed by atoms with Gasteiger partial charge in [0, 0.05) is 12.6 Å². The van der Waals surface area contributed by atoms with Crippen molar-refractivity contribution in [3.05, 3.63) is 47.9 Å². The van der Waals surface area contributed by atoms with Crippen molar-refractivity contribution in [1.29, 1.82) is 0 Å². The third-order valence-electron chi connectivity index (χ3n) is 3.66. The number of amides is 1. The summed E-state index contributed by atoms with van der Waals surface area (Å²) in [6.07, 6.45) is 2.49. The number of hydrogen-bond donors (Lipinski definition) is 2. The largest absolute Gasteiger partial charge is 0.491 e. The molecule has 1 amide bonds. The Morgan fingerprint density at radius 2 is 2.28 bits per heavy atom. The number of aromatic amines is 1. The van der Waals surface area contributed by atoms with Gasteiger partial charge in [0.15, 0.2) is 5.82 Å². The van der Waals surface area contributed by atoms with Crippen LogP contribution in [0, 0.1) is 0 Å². The van der Waals surface area contributed by atoms with Crippen molar-refractivity contribution in [3.8, 4) is 11.6 Å². The number of hydrogen-bond acceptors (Lipinski definition) is 6. The van der Waals surface area contributed by atoms with Gasteiger partial charge in [-0.3, -0.25) is 9.89 Å². The summed E-state index contributed by atoms with van der Waals surface area (Å²) in [5.41, 5.74) is 1.28. The van der Waals surface area contributed by atoms with Crippen LogP contribution >= 0.6 is 0 Å². The van der Waals surface area contributed by atoms with E-state index in [9.17, 15) is 4.79 Å². The highest BCUT2D eigenvalue weighted by Gasteiger charge is 2.11. The number of nitrogens with one attached hydrogen (secondary N) is 2. The number of rotatable bonds is 7. The van der Waals surface area contributed by atoms with E-state index >= 15 is 0 Å². The van der Waals surface area contributed by atoms with Gasteiger partial charge in [-0.05, 0) is 41.5 Å². The summed E-state index contributed by atoms with van der Waals surface area (Å²) in [6, 6.07) is 9.25. The molecule has 9 heteroatoms. The molecule has 1 unspecified atom stereocenters. The third-order valence-corrected chi connectivity index (χ3v) is 3.66. The summed E-state index contributed by atoms with van der Waals surface area (Å²) in [6.45, 7) is 4.48. The lowest BCUT2D eigenvalue weighted by Crippen LogP contribution is -2.23. The van der Waals surface area contributed by atoms with E-state index in [0.717, 1.165) is 17.7 Å². The van der Waals surface area contributed by atoms with Gasteiger partial charge < -0.3 is 10.1 Å². The second-order valence-corrected chi connectivity index (χ2v) is 5.56. The van der Waals surface area contributed by atoms with Crippen LogP contribution in [0.3, 0.4) is 0 Å². The van der Waals surface area contributed by atoms with Crippen LogP contribution in [0.15, 0.2) is 36.7 Å². The molecule has 2 heterocycles. The zero-order chi connectivity index (χ0) is 17.6. The number of aromatic nitrogens is 6. The Balaban J connectivity index is 1.60. The Bertz CT molecular complexity index is 829. The molecule has 2 N–H and O–H groups in total. The summed E-state index contributed by atoms with van der Waals surface area (Å²) < 4.78 is 7.15. The number of carbonyl (C=O) groups is 1. The molecule has 0 bridgehead atoms. The van der Waals surface area contributed by atoms with Crippen molar-refractivity contribution in [2.24, 2.45) is 0 Å². The minimum atomic E-state index is -0.264. The molecular formula is C16H19N7O2. The van der Waals surface area contributed by atoms with E-state index in [4.69, 9.17) is 4.74 Å². The fourth-order valence-corrected chi connectivity index (χ4v) is 2.13. The van der Waals surface area contributed by atoms with Crippen LogP contribution in [0.25, 0.3) is 5.82 Å². The molecule has 1 atom stereocenters. The van der Waals surface area contributed by atoms with Crippen molar-refractivity contribution < 1.29 is 9.53 Å². The van der Waals surface area contributed by atoms with Crippen LogP contribution in [0.2, 0.25) is 0 Å². The van der Waals surface area contributed by atoms with Crippen LogP contribution in [-0.2, 0) is 6.54 Å². The summed E-state index contributed by atoms with van der Waals surface area (Å²) in [5, 5.41) is 20.3. The van der Waals surface area contributed by atoms with Gasteiger partial charge in [-0.1, -0.05) is 19.1 Å². The lowest BCUT2D eigenvalue weighted by Gasteiger charge is -2.13. The maximum atomic E-state index is 12.2. The van der Waals surface area contributed by atoms with Gasteiger partial charge in [0.05, 0.1) is 6.10 Å². The fraction of sp³-hybridized carbons (Fsp3) is 0.312. The van der Waals surface area contributed by atoms with Gasteiger partial charge in [-0.15, -0.1) is 5.10 Å². The zero-order valence-corrected chi connectivity index (χ0v) is 14.0. The molecule has 1 aromatic carbocycles. The Morgan fingerprint density at radius 1 is 1.40 bits per heavy atom. The van der Waals surface area contributed by atoms with Gasteiger partial charge in [0.2, 0.25) is 0 Å². The molecule has 0 aliphatic rings. The van der Waals surface area contributed by atoms with Gasteiger partial charge in [0.25, 0.3) is 5.91 Å². The van der Waals surface area contributed by atoms with E-state index in [1.54, 1.807) is 6.07 Å². The van der Waals surface area contributed by atoms with Gasteiger partial charge in [-0.2, -0.15) is 9.78 Å². The predicted octanol–water partition coefficient (Wildman–Crippen LogP) is 1.49. The smallest absolute Gasteiger partial charge is 0.269 e. The lowest BCUT2D eigenvalue weighted by atomic mass is 10.2. The lowest BCUT2D eigenvalue weighted by molar-refractivity contribution is 0.0945. The SMILES string of the molecule is CCC(C)Oc1cccc(CNC(=O)c2cc(-n3cnnn3)n[nH]2)c1. The van der Waals surface area contributed by atoms with E-state index in [2.05, 4.69) is 38.0 Å². The summed E-state index contributed by atoms with van der Waals surface area (Å²) in [7, 11) is 0. The maximum absolute atomic E-state index is 12.2. The number of H-pyrrole nitrogens is 1. The highest BCUT2D eigenvalue weighted by molar-refractivity contribution is 5.92. The predicted molar refractivity (Wildman–Crippen MR) is 89.3 cm³/mol. The summed E-state index contributed by atoms with van der Waals surface area (Å²) in [5.74, 6) is 0.975.